The van der Waals surface area contributed by atoms with Gasteiger partial charge in [0.15, 0.2) is 11.4 Å². The molecule has 1 aromatic rings. The molecule has 0 spiro atoms. The molecule has 0 aliphatic heterocycles. The number of aliphatic imine (C=N–C) groups is 1. The first kappa shape index (κ1) is 15.2. The molecule has 1 N–H and O–H groups in total. The van der Waals surface area contributed by atoms with Gasteiger partial charge >= 0.3 is 6.18 Å². The Morgan fingerprint density at radius 1 is 1.37 bits per heavy atom. The number of rotatable bonds is 1. The van der Waals surface area contributed by atoms with Crippen molar-refractivity contribution >= 4 is 22.6 Å². The van der Waals surface area contributed by atoms with Crippen LogP contribution in [0.5, 0.6) is 0 Å². The van der Waals surface area contributed by atoms with E-state index in [1.165, 1.54) is 12.4 Å². The van der Waals surface area contributed by atoms with Gasteiger partial charge in [0.25, 0.3) is 0 Å². The zero-order chi connectivity index (χ0) is 14.6. The largest absolute Gasteiger partial charge is 0.421 e. The zero-order valence-electron chi connectivity index (χ0n) is 9.35. The van der Waals surface area contributed by atoms with Crippen LogP contribution in [0, 0.1) is 23.1 Å². The number of nitriles is 1. The van der Waals surface area contributed by atoms with Gasteiger partial charge in [-0.3, -0.25) is 5.32 Å². The summed E-state index contributed by atoms with van der Waals surface area (Å²) in [6.07, 6.45) is -2.13. The third-order valence-electron chi connectivity index (χ3n) is 1.90. The van der Waals surface area contributed by atoms with Gasteiger partial charge in [0.1, 0.15) is 17.2 Å². The predicted octanol–water partition coefficient (Wildman–Crippen LogP) is 3.40. The monoisotopic (exact) mass is 295 g/mol. The van der Waals surface area contributed by atoms with Crippen LogP contribution in [0.4, 0.5) is 27.6 Å². The normalized spacial score (nSPS) is 12.2. The molecule has 0 atom stereocenters. The van der Waals surface area contributed by atoms with Crippen LogP contribution in [0.3, 0.4) is 0 Å². The SMILES string of the molecule is CSC(=Nc1cc(F)cc(F)c1C(F)(F)F)NC#N. The lowest BCUT2D eigenvalue weighted by Gasteiger charge is -2.11. The van der Waals surface area contributed by atoms with Crippen LogP contribution in [-0.2, 0) is 6.18 Å². The Morgan fingerprint density at radius 2 is 2.00 bits per heavy atom. The Bertz CT molecular complexity index is 547. The number of benzene rings is 1. The molecular weight excluding hydrogens is 289 g/mol. The van der Waals surface area contributed by atoms with Crippen molar-refractivity contribution < 1.29 is 22.0 Å². The van der Waals surface area contributed by atoms with Crippen molar-refractivity contribution in [2.75, 3.05) is 6.26 Å². The first-order chi connectivity index (χ1) is 8.79. The maximum absolute atomic E-state index is 13.2. The number of nitrogens with one attached hydrogen (secondary N) is 1. The summed E-state index contributed by atoms with van der Waals surface area (Å²) in [6.45, 7) is 0. The van der Waals surface area contributed by atoms with E-state index in [0.29, 0.717) is 6.07 Å². The van der Waals surface area contributed by atoms with E-state index in [9.17, 15) is 22.0 Å². The van der Waals surface area contributed by atoms with E-state index in [2.05, 4.69) is 4.99 Å². The van der Waals surface area contributed by atoms with Crippen LogP contribution < -0.4 is 5.32 Å². The van der Waals surface area contributed by atoms with Crippen LogP contribution in [0.15, 0.2) is 17.1 Å². The maximum atomic E-state index is 13.2. The summed E-state index contributed by atoms with van der Waals surface area (Å²) in [6, 6.07) is 0.569. The van der Waals surface area contributed by atoms with Gasteiger partial charge in [-0.25, -0.2) is 13.8 Å². The molecule has 0 bridgehead atoms. The Morgan fingerprint density at radius 3 is 2.47 bits per heavy atom. The Balaban J connectivity index is 3.46. The topological polar surface area (TPSA) is 48.2 Å². The van der Waals surface area contributed by atoms with Crippen LogP contribution in [0.2, 0.25) is 0 Å². The lowest BCUT2D eigenvalue weighted by molar-refractivity contribution is -0.139. The summed E-state index contributed by atoms with van der Waals surface area (Å²) in [4.78, 5) is 3.40. The van der Waals surface area contributed by atoms with E-state index in [4.69, 9.17) is 5.26 Å². The highest BCUT2D eigenvalue weighted by Crippen LogP contribution is 2.39. The second-order valence-electron chi connectivity index (χ2n) is 3.14. The van der Waals surface area contributed by atoms with Crippen molar-refractivity contribution in [3.63, 3.8) is 0 Å². The van der Waals surface area contributed by atoms with Crippen molar-refractivity contribution in [2.24, 2.45) is 4.99 Å². The molecule has 9 heteroatoms. The third kappa shape index (κ3) is 3.82. The molecule has 0 aromatic heterocycles. The van der Waals surface area contributed by atoms with Crippen LogP contribution in [0.25, 0.3) is 0 Å². The summed E-state index contributed by atoms with van der Waals surface area (Å²) < 4.78 is 64.2. The molecule has 0 saturated carbocycles. The fourth-order valence-electron chi connectivity index (χ4n) is 1.21. The second kappa shape index (κ2) is 5.88. The third-order valence-corrected chi connectivity index (χ3v) is 2.48. The molecule has 0 aliphatic rings. The molecule has 0 aliphatic carbocycles. The highest BCUT2D eigenvalue weighted by molar-refractivity contribution is 8.13. The number of hydrogen-bond donors (Lipinski definition) is 1. The molecule has 1 aromatic carbocycles. The summed E-state index contributed by atoms with van der Waals surface area (Å²) >= 11 is 0.825. The quantitative estimate of drug-likeness (QED) is 0.284. The van der Waals surface area contributed by atoms with Gasteiger partial charge in [0.2, 0.25) is 0 Å². The first-order valence-electron chi connectivity index (χ1n) is 4.63. The summed E-state index contributed by atoms with van der Waals surface area (Å²) in [5.41, 5.74) is -2.61. The van der Waals surface area contributed by atoms with E-state index in [0.717, 1.165) is 11.8 Å². The van der Waals surface area contributed by atoms with Crippen molar-refractivity contribution in [3.8, 4) is 6.19 Å². The molecular formula is C10H6F5N3S. The maximum Gasteiger partial charge on any atom is 0.421 e. The number of alkyl halides is 3. The molecule has 0 saturated heterocycles. The van der Waals surface area contributed by atoms with Gasteiger partial charge in [-0.1, -0.05) is 11.8 Å². The Labute approximate surface area is 109 Å². The second-order valence-corrected chi connectivity index (χ2v) is 3.93. The standard InChI is InChI=1S/C10H6F5N3S/c1-19-9(17-4-16)18-7-3-5(11)2-6(12)8(7)10(13,14)15/h2-3H,1H3,(H,17,18). The lowest BCUT2D eigenvalue weighted by Crippen LogP contribution is -2.14. The number of hydrogen-bond acceptors (Lipinski definition) is 3. The fraction of sp³-hybridized carbons (Fsp3) is 0.200. The summed E-state index contributed by atoms with van der Waals surface area (Å²) in [5.74, 6) is -2.95. The minimum atomic E-state index is -5.02. The van der Waals surface area contributed by atoms with Crippen LogP contribution >= 0.6 is 11.8 Å². The predicted molar refractivity (Wildman–Crippen MR) is 60.7 cm³/mol. The molecule has 3 nitrogen and oxygen atoms in total. The Hall–Kier alpha value is -1.82. The van der Waals surface area contributed by atoms with Crippen LogP contribution in [0.1, 0.15) is 5.56 Å². The van der Waals surface area contributed by atoms with E-state index < -0.39 is 29.1 Å². The van der Waals surface area contributed by atoms with E-state index >= 15 is 0 Å². The highest BCUT2D eigenvalue weighted by atomic mass is 32.2. The first-order valence-corrected chi connectivity index (χ1v) is 5.86. The van der Waals surface area contributed by atoms with Crippen molar-refractivity contribution in [2.45, 2.75) is 6.18 Å². The Kier molecular flexibility index (Phi) is 4.72. The van der Waals surface area contributed by atoms with Gasteiger partial charge in [-0.15, -0.1) is 0 Å². The highest BCUT2D eigenvalue weighted by Gasteiger charge is 2.37. The van der Waals surface area contributed by atoms with Gasteiger partial charge in [-0.2, -0.15) is 18.4 Å². The molecule has 0 radical (unpaired) electrons. The van der Waals surface area contributed by atoms with E-state index in [1.54, 1.807) is 0 Å². The molecule has 0 amide bonds. The zero-order valence-corrected chi connectivity index (χ0v) is 10.2. The number of amidine groups is 1. The molecule has 19 heavy (non-hydrogen) atoms. The smallest absolute Gasteiger partial charge is 0.271 e. The average Bonchev–Trinajstić information content (AvgIpc) is 2.25. The average molecular weight is 295 g/mol. The minimum absolute atomic E-state index is 0.123. The van der Waals surface area contributed by atoms with Gasteiger partial charge in [0.05, 0.1) is 5.69 Å². The van der Waals surface area contributed by atoms with Gasteiger partial charge in [-0.05, 0) is 6.26 Å². The molecule has 0 unspecified atom stereocenters. The molecule has 102 valence electrons. The number of nitrogens with zero attached hydrogens (tertiary/aromatic N) is 2. The molecule has 0 heterocycles. The molecule has 0 fully saturated rings. The molecule has 1 rings (SSSR count). The summed E-state index contributed by atoms with van der Waals surface area (Å²) in [5, 5.41) is 10.2. The van der Waals surface area contributed by atoms with Crippen LogP contribution in [-0.4, -0.2) is 11.4 Å². The van der Waals surface area contributed by atoms with E-state index in [1.807, 2.05) is 5.32 Å². The van der Waals surface area contributed by atoms with Gasteiger partial charge < -0.3 is 0 Å². The van der Waals surface area contributed by atoms with E-state index in [-0.39, 0.29) is 11.2 Å². The number of thioether (sulfide) groups is 1. The van der Waals surface area contributed by atoms with Gasteiger partial charge in [0, 0.05) is 12.1 Å². The van der Waals surface area contributed by atoms with Crippen molar-refractivity contribution in [3.05, 3.63) is 29.3 Å². The summed E-state index contributed by atoms with van der Waals surface area (Å²) in [7, 11) is 0. The fourth-order valence-corrected chi connectivity index (χ4v) is 1.55. The minimum Gasteiger partial charge on any atom is -0.271 e. The van der Waals surface area contributed by atoms with Crippen molar-refractivity contribution in [1.82, 2.24) is 5.32 Å². The van der Waals surface area contributed by atoms with Crippen molar-refractivity contribution in [1.29, 1.82) is 5.26 Å². The lowest BCUT2D eigenvalue weighted by atomic mass is 10.1. The number of halogens is 5.